The van der Waals surface area contributed by atoms with Crippen molar-refractivity contribution in [2.75, 3.05) is 26.3 Å². The van der Waals surface area contributed by atoms with Crippen LogP contribution in [0.2, 0.25) is 0 Å². The molecule has 1 aromatic carbocycles. The first-order valence-corrected chi connectivity index (χ1v) is 8.08. The van der Waals surface area contributed by atoms with Crippen LogP contribution in [-0.4, -0.2) is 26.3 Å². The van der Waals surface area contributed by atoms with Crippen LogP contribution in [0.5, 0.6) is 0 Å². The summed E-state index contributed by atoms with van der Waals surface area (Å²) in [5.74, 6) is 0.651. The highest BCUT2D eigenvalue weighted by Crippen LogP contribution is 2.16. The molecule has 1 aromatic rings. The molecule has 0 aromatic heterocycles. The van der Waals surface area contributed by atoms with E-state index >= 15 is 0 Å². The Morgan fingerprint density at radius 2 is 1.89 bits per heavy atom. The molecule has 1 unspecified atom stereocenters. The van der Waals surface area contributed by atoms with E-state index in [0.29, 0.717) is 5.92 Å². The third kappa shape index (κ3) is 7.71. The van der Waals surface area contributed by atoms with Gasteiger partial charge in [0.2, 0.25) is 0 Å². The second-order valence-corrected chi connectivity index (χ2v) is 5.82. The molecule has 1 rings (SSSR count). The van der Waals surface area contributed by atoms with E-state index < -0.39 is 0 Å². The highest BCUT2D eigenvalue weighted by atomic mass is 79.9. The maximum absolute atomic E-state index is 5.61. The Labute approximate surface area is 126 Å². The fourth-order valence-electron chi connectivity index (χ4n) is 2.07. The summed E-state index contributed by atoms with van der Waals surface area (Å²) in [4.78, 5) is 0. The van der Waals surface area contributed by atoms with E-state index in [1.165, 1.54) is 5.56 Å². The van der Waals surface area contributed by atoms with Crippen LogP contribution in [0.4, 0.5) is 0 Å². The van der Waals surface area contributed by atoms with E-state index in [2.05, 4.69) is 59.4 Å². The predicted octanol–water partition coefficient (Wildman–Crippen LogP) is 4.03. The van der Waals surface area contributed by atoms with Crippen molar-refractivity contribution >= 4 is 15.9 Å². The number of rotatable bonds is 10. The number of hydrogen-bond acceptors (Lipinski definition) is 2. The van der Waals surface area contributed by atoms with Crippen molar-refractivity contribution in [3.05, 3.63) is 34.3 Å². The molecule has 0 radical (unpaired) electrons. The summed E-state index contributed by atoms with van der Waals surface area (Å²) in [6.07, 6.45) is 3.35. The average Bonchev–Trinajstić information content (AvgIpc) is 2.43. The Kier molecular flexibility index (Phi) is 9.14. The molecule has 0 amide bonds. The molecule has 0 aliphatic carbocycles. The molecule has 0 saturated heterocycles. The standard InChI is InChI=1S/C16H26BrNO/c1-3-10-19-11-9-15(13-18-4-2)12-14-5-7-16(17)8-6-14/h5-8,15,18H,3-4,9-13H2,1-2H3. The number of halogens is 1. The van der Waals surface area contributed by atoms with E-state index in [0.717, 1.165) is 50.0 Å². The van der Waals surface area contributed by atoms with Crippen molar-refractivity contribution in [2.24, 2.45) is 5.92 Å². The van der Waals surface area contributed by atoms with E-state index in [-0.39, 0.29) is 0 Å². The van der Waals surface area contributed by atoms with Gasteiger partial charge in [-0.3, -0.25) is 0 Å². The SMILES string of the molecule is CCCOCCC(CNCC)Cc1ccc(Br)cc1. The molecule has 3 heteroatoms. The predicted molar refractivity (Wildman–Crippen MR) is 85.6 cm³/mol. The van der Waals surface area contributed by atoms with Gasteiger partial charge in [0, 0.05) is 17.7 Å². The molecule has 19 heavy (non-hydrogen) atoms. The Morgan fingerprint density at radius 1 is 1.16 bits per heavy atom. The van der Waals surface area contributed by atoms with Gasteiger partial charge in [-0.1, -0.05) is 41.9 Å². The smallest absolute Gasteiger partial charge is 0.0469 e. The zero-order valence-electron chi connectivity index (χ0n) is 12.1. The van der Waals surface area contributed by atoms with Gasteiger partial charge in [0.05, 0.1) is 0 Å². The first kappa shape index (κ1) is 16.7. The molecule has 0 heterocycles. The van der Waals surface area contributed by atoms with Crippen molar-refractivity contribution in [1.82, 2.24) is 5.32 Å². The molecule has 2 nitrogen and oxygen atoms in total. The summed E-state index contributed by atoms with van der Waals surface area (Å²) < 4.78 is 6.76. The summed E-state index contributed by atoms with van der Waals surface area (Å²) in [5, 5.41) is 3.46. The van der Waals surface area contributed by atoms with Crippen LogP contribution < -0.4 is 5.32 Å². The lowest BCUT2D eigenvalue weighted by Crippen LogP contribution is -2.25. The van der Waals surface area contributed by atoms with Gasteiger partial charge in [-0.05, 0) is 56.0 Å². The topological polar surface area (TPSA) is 21.3 Å². The van der Waals surface area contributed by atoms with Crippen LogP contribution in [0.1, 0.15) is 32.3 Å². The lowest BCUT2D eigenvalue weighted by atomic mass is 9.96. The van der Waals surface area contributed by atoms with E-state index in [9.17, 15) is 0 Å². The zero-order chi connectivity index (χ0) is 13.9. The third-order valence-electron chi connectivity index (χ3n) is 3.14. The van der Waals surface area contributed by atoms with Gasteiger partial charge in [-0.2, -0.15) is 0 Å². The van der Waals surface area contributed by atoms with Gasteiger partial charge in [-0.15, -0.1) is 0 Å². The minimum atomic E-state index is 0.651. The highest BCUT2D eigenvalue weighted by Gasteiger charge is 2.09. The molecular formula is C16H26BrNO. The summed E-state index contributed by atoms with van der Waals surface area (Å²) in [7, 11) is 0. The second kappa shape index (κ2) is 10.4. The minimum Gasteiger partial charge on any atom is -0.381 e. The van der Waals surface area contributed by atoms with Crippen molar-refractivity contribution in [3.8, 4) is 0 Å². The zero-order valence-corrected chi connectivity index (χ0v) is 13.7. The summed E-state index contributed by atoms with van der Waals surface area (Å²) in [6, 6.07) is 8.65. The van der Waals surface area contributed by atoms with Crippen LogP contribution in [0.25, 0.3) is 0 Å². The molecule has 108 valence electrons. The van der Waals surface area contributed by atoms with Crippen LogP contribution in [0.3, 0.4) is 0 Å². The Morgan fingerprint density at radius 3 is 2.53 bits per heavy atom. The van der Waals surface area contributed by atoms with E-state index in [1.54, 1.807) is 0 Å². The van der Waals surface area contributed by atoms with Gasteiger partial charge in [0.1, 0.15) is 0 Å². The van der Waals surface area contributed by atoms with Gasteiger partial charge in [0.25, 0.3) is 0 Å². The number of benzene rings is 1. The van der Waals surface area contributed by atoms with Crippen molar-refractivity contribution in [1.29, 1.82) is 0 Å². The monoisotopic (exact) mass is 327 g/mol. The lowest BCUT2D eigenvalue weighted by molar-refractivity contribution is 0.120. The quantitative estimate of drug-likeness (QED) is 0.655. The molecule has 0 spiro atoms. The first-order valence-electron chi connectivity index (χ1n) is 7.29. The third-order valence-corrected chi connectivity index (χ3v) is 3.67. The Hall–Kier alpha value is -0.380. The molecule has 1 N–H and O–H groups in total. The molecule has 0 saturated carbocycles. The first-order chi connectivity index (χ1) is 9.26. The van der Waals surface area contributed by atoms with Crippen molar-refractivity contribution in [3.63, 3.8) is 0 Å². The fraction of sp³-hybridized carbons (Fsp3) is 0.625. The van der Waals surface area contributed by atoms with Gasteiger partial charge >= 0.3 is 0 Å². The summed E-state index contributed by atoms with van der Waals surface area (Å²) in [5.41, 5.74) is 1.40. The van der Waals surface area contributed by atoms with Gasteiger partial charge in [-0.25, -0.2) is 0 Å². The normalized spacial score (nSPS) is 12.6. The minimum absolute atomic E-state index is 0.651. The maximum Gasteiger partial charge on any atom is 0.0469 e. The van der Waals surface area contributed by atoms with Gasteiger partial charge in [0.15, 0.2) is 0 Å². The van der Waals surface area contributed by atoms with Crippen LogP contribution in [-0.2, 0) is 11.2 Å². The largest absolute Gasteiger partial charge is 0.381 e. The molecule has 0 fully saturated rings. The van der Waals surface area contributed by atoms with Crippen LogP contribution in [0.15, 0.2) is 28.7 Å². The Balaban J connectivity index is 2.41. The van der Waals surface area contributed by atoms with Crippen LogP contribution >= 0.6 is 15.9 Å². The highest BCUT2D eigenvalue weighted by molar-refractivity contribution is 9.10. The summed E-state index contributed by atoms with van der Waals surface area (Å²) >= 11 is 3.48. The Bertz CT molecular complexity index is 326. The number of ether oxygens (including phenoxy) is 1. The molecule has 0 aliphatic rings. The molecular weight excluding hydrogens is 302 g/mol. The number of nitrogens with one attached hydrogen (secondary N) is 1. The maximum atomic E-state index is 5.61. The van der Waals surface area contributed by atoms with Crippen molar-refractivity contribution in [2.45, 2.75) is 33.1 Å². The molecule has 1 atom stereocenters. The van der Waals surface area contributed by atoms with Crippen molar-refractivity contribution < 1.29 is 4.74 Å². The van der Waals surface area contributed by atoms with Gasteiger partial charge < -0.3 is 10.1 Å². The molecule has 0 bridgehead atoms. The number of hydrogen-bond donors (Lipinski definition) is 1. The molecule has 0 aliphatic heterocycles. The average molecular weight is 328 g/mol. The fourth-order valence-corrected chi connectivity index (χ4v) is 2.34. The van der Waals surface area contributed by atoms with E-state index in [4.69, 9.17) is 4.74 Å². The summed E-state index contributed by atoms with van der Waals surface area (Å²) in [6.45, 7) is 8.17. The van der Waals surface area contributed by atoms with Crippen LogP contribution in [0, 0.1) is 5.92 Å². The second-order valence-electron chi connectivity index (χ2n) is 4.91. The lowest BCUT2D eigenvalue weighted by Gasteiger charge is -2.17. The van der Waals surface area contributed by atoms with E-state index in [1.807, 2.05) is 0 Å².